The van der Waals surface area contributed by atoms with E-state index in [9.17, 15) is 9.90 Å². The Morgan fingerprint density at radius 3 is 2.20 bits per heavy atom. The molecule has 0 amide bonds. The fraction of sp³-hybridized carbons (Fsp3) is 0.241. The van der Waals surface area contributed by atoms with Gasteiger partial charge in [0.15, 0.2) is 0 Å². The summed E-state index contributed by atoms with van der Waals surface area (Å²) in [6, 6.07) is 16.3. The number of aryl methyl sites for hydroxylation is 1. The molecule has 35 heavy (non-hydrogen) atoms. The molecule has 0 saturated heterocycles. The third kappa shape index (κ3) is 4.52. The Kier molecular flexibility index (Phi) is 5.81. The molecule has 2 aromatic heterocycles. The normalized spacial score (nSPS) is 13.9. The Morgan fingerprint density at radius 2 is 1.60 bits per heavy atom. The SMILES string of the molecule is CC(C)=Cc1cncc(Cc2c(-c3ccc(-c4ccc(C5(C(=O)O)CC5)cc4)cc3)cnn2C)n1. The lowest BCUT2D eigenvalue weighted by Crippen LogP contribution is -2.19. The first-order valence-electron chi connectivity index (χ1n) is 11.8. The van der Waals surface area contributed by atoms with Gasteiger partial charge in [0.1, 0.15) is 0 Å². The number of allylic oxidation sites excluding steroid dienone is 1. The lowest BCUT2D eigenvalue weighted by atomic mass is 9.93. The van der Waals surface area contributed by atoms with Gasteiger partial charge in [-0.25, -0.2) is 4.98 Å². The third-order valence-corrected chi connectivity index (χ3v) is 6.68. The number of rotatable bonds is 7. The molecular formula is C29H28N4O2. The molecule has 6 heteroatoms. The molecule has 176 valence electrons. The third-order valence-electron chi connectivity index (χ3n) is 6.68. The predicted octanol–water partition coefficient (Wildman–Crippen LogP) is 5.67. The highest BCUT2D eigenvalue weighted by molar-refractivity contribution is 5.85. The summed E-state index contributed by atoms with van der Waals surface area (Å²) >= 11 is 0. The number of hydrogen-bond acceptors (Lipinski definition) is 4. The Bertz CT molecular complexity index is 1410. The summed E-state index contributed by atoms with van der Waals surface area (Å²) in [6.07, 6.45) is 9.58. The fourth-order valence-electron chi connectivity index (χ4n) is 4.53. The summed E-state index contributed by atoms with van der Waals surface area (Å²) in [5, 5.41) is 14.0. The molecule has 0 atom stereocenters. The summed E-state index contributed by atoms with van der Waals surface area (Å²) in [6.45, 7) is 4.09. The van der Waals surface area contributed by atoms with Crippen LogP contribution in [0.1, 0.15) is 49.3 Å². The van der Waals surface area contributed by atoms with Crippen molar-refractivity contribution in [2.75, 3.05) is 0 Å². The van der Waals surface area contributed by atoms with Crippen LogP contribution < -0.4 is 0 Å². The molecule has 4 aromatic rings. The molecule has 1 fully saturated rings. The minimum absolute atomic E-state index is 0.637. The minimum atomic E-state index is -0.725. The van der Waals surface area contributed by atoms with E-state index in [1.54, 1.807) is 6.20 Å². The summed E-state index contributed by atoms with van der Waals surface area (Å²) < 4.78 is 1.90. The molecule has 0 unspecified atom stereocenters. The second-order valence-electron chi connectivity index (χ2n) is 9.50. The van der Waals surface area contributed by atoms with E-state index in [1.807, 2.05) is 68.3 Å². The van der Waals surface area contributed by atoms with E-state index < -0.39 is 11.4 Å². The average Bonchev–Trinajstić information content (AvgIpc) is 3.59. The Labute approximate surface area is 205 Å². The van der Waals surface area contributed by atoms with E-state index in [-0.39, 0.29) is 0 Å². The van der Waals surface area contributed by atoms with E-state index >= 15 is 0 Å². The number of nitrogens with zero attached hydrogens (tertiary/aromatic N) is 4. The van der Waals surface area contributed by atoms with E-state index in [0.717, 1.165) is 44.9 Å². The van der Waals surface area contributed by atoms with Crippen LogP contribution in [0.3, 0.4) is 0 Å². The standard InChI is InChI=1S/C29H28N4O2/c1-19(2)14-24-16-30-17-25(32-24)15-27-26(18-31-33(27)3)22-6-4-20(5-7-22)21-8-10-23(11-9-21)29(12-13-29)28(34)35/h4-11,14,16-18H,12-13,15H2,1-3H3,(H,34,35). The maximum Gasteiger partial charge on any atom is 0.314 e. The number of carboxylic acids is 1. The van der Waals surface area contributed by atoms with Crippen LogP contribution in [0.15, 0.2) is 72.7 Å². The number of carboxylic acid groups (broad SMARTS) is 1. The number of aliphatic carboxylic acids is 1. The van der Waals surface area contributed by atoms with Crippen molar-refractivity contribution in [2.24, 2.45) is 7.05 Å². The highest BCUT2D eigenvalue weighted by Gasteiger charge is 2.51. The molecule has 2 heterocycles. The minimum Gasteiger partial charge on any atom is -0.481 e. The highest BCUT2D eigenvalue weighted by atomic mass is 16.4. The van der Waals surface area contributed by atoms with E-state index in [4.69, 9.17) is 4.98 Å². The molecule has 2 aromatic carbocycles. The van der Waals surface area contributed by atoms with Gasteiger partial charge in [-0.1, -0.05) is 54.1 Å². The second kappa shape index (κ2) is 8.95. The molecule has 0 radical (unpaired) electrons. The van der Waals surface area contributed by atoms with E-state index in [2.05, 4.69) is 34.3 Å². The molecule has 1 aliphatic carbocycles. The van der Waals surface area contributed by atoms with Gasteiger partial charge in [-0.15, -0.1) is 0 Å². The topological polar surface area (TPSA) is 80.9 Å². The van der Waals surface area contributed by atoms with Crippen molar-refractivity contribution in [1.82, 2.24) is 19.7 Å². The van der Waals surface area contributed by atoms with Gasteiger partial charge in [0, 0.05) is 25.2 Å². The van der Waals surface area contributed by atoms with Crippen molar-refractivity contribution in [1.29, 1.82) is 0 Å². The molecule has 1 N–H and O–H groups in total. The quantitative estimate of drug-likeness (QED) is 0.381. The zero-order valence-electron chi connectivity index (χ0n) is 20.2. The van der Waals surface area contributed by atoms with Crippen LogP contribution in [0.25, 0.3) is 28.3 Å². The van der Waals surface area contributed by atoms with Gasteiger partial charge in [0.2, 0.25) is 0 Å². The Balaban J connectivity index is 1.38. The Hall–Kier alpha value is -4.06. The molecular weight excluding hydrogens is 436 g/mol. The van der Waals surface area contributed by atoms with Gasteiger partial charge in [-0.05, 0) is 55.0 Å². The lowest BCUT2D eigenvalue weighted by Gasteiger charge is -2.11. The summed E-state index contributed by atoms with van der Waals surface area (Å²) in [5.41, 5.74) is 8.55. The summed E-state index contributed by atoms with van der Waals surface area (Å²) in [5.74, 6) is -0.725. The predicted molar refractivity (Wildman–Crippen MR) is 137 cm³/mol. The van der Waals surface area contributed by atoms with Crippen LogP contribution >= 0.6 is 0 Å². The van der Waals surface area contributed by atoms with E-state index in [1.165, 1.54) is 5.57 Å². The largest absolute Gasteiger partial charge is 0.481 e. The van der Waals surface area contributed by atoms with Gasteiger partial charge in [0.25, 0.3) is 0 Å². The number of hydrogen-bond donors (Lipinski definition) is 1. The van der Waals surface area contributed by atoms with Crippen molar-refractivity contribution in [3.63, 3.8) is 0 Å². The monoisotopic (exact) mass is 464 g/mol. The maximum absolute atomic E-state index is 11.6. The highest BCUT2D eigenvalue weighted by Crippen LogP contribution is 2.48. The van der Waals surface area contributed by atoms with Crippen LogP contribution in [0.4, 0.5) is 0 Å². The number of benzene rings is 2. The zero-order valence-corrected chi connectivity index (χ0v) is 20.2. The summed E-state index contributed by atoms with van der Waals surface area (Å²) in [4.78, 5) is 20.7. The maximum atomic E-state index is 11.6. The molecule has 0 aliphatic heterocycles. The average molecular weight is 465 g/mol. The van der Waals surface area contributed by atoms with Crippen molar-refractivity contribution in [2.45, 2.75) is 38.5 Å². The number of carbonyl (C=O) groups is 1. The molecule has 1 aliphatic rings. The molecule has 0 spiro atoms. The second-order valence-corrected chi connectivity index (χ2v) is 9.50. The van der Waals surface area contributed by atoms with Crippen molar-refractivity contribution < 1.29 is 9.90 Å². The molecule has 1 saturated carbocycles. The molecule has 6 nitrogen and oxygen atoms in total. The van der Waals surface area contributed by atoms with Crippen molar-refractivity contribution >= 4 is 12.0 Å². The van der Waals surface area contributed by atoms with Crippen LogP contribution in [0.5, 0.6) is 0 Å². The molecule has 5 rings (SSSR count). The first-order chi connectivity index (χ1) is 16.9. The summed E-state index contributed by atoms with van der Waals surface area (Å²) in [7, 11) is 1.95. The van der Waals surface area contributed by atoms with Gasteiger partial charge in [-0.2, -0.15) is 5.10 Å². The number of aromatic nitrogens is 4. The zero-order chi connectivity index (χ0) is 24.6. The molecule has 0 bridgehead atoms. The smallest absolute Gasteiger partial charge is 0.314 e. The van der Waals surface area contributed by atoms with Crippen LogP contribution in [0.2, 0.25) is 0 Å². The Morgan fingerprint density at radius 1 is 0.971 bits per heavy atom. The fourth-order valence-corrected chi connectivity index (χ4v) is 4.53. The van der Waals surface area contributed by atoms with Gasteiger partial charge >= 0.3 is 5.97 Å². The van der Waals surface area contributed by atoms with Gasteiger partial charge in [-0.3, -0.25) is 14.5 Å². The van der Waals surface area contributed by atoms with Crippen molar-refractivity contribution in [3.05, 3.63) is 95.3 Å². The lowest BCUT2D eigenvalue weighted by molar-refractivity contribution is -0.140. The van der Waals surface area contributed by atoms with Crippen molar-refractivity contribution in [3.8, 4) is 22.3 Å². The van der Waals surface area contributed by atoms with Crippen LogP contribution in [-0.2, 0) is 23.7 Å². The van der Waals surface area contributed by atoms with Gasteiger partial charge < -0.3 is 5.11 Å². The van der Waals surface area contributed by atoms with Gasteiger partial charge in [0.05, 0.1) is 34.9 Å². The van der Waals surface area contributed by atoms with E-state index in [0.29, 0.717) is 19.3 Å². The first-order valence-corrected chi connectivity index (χ1v) is 11.8. The first kappa shape index (κ1) is 22.7. The van der Waals surface area contributed by atoms with Crippen LogP contribution in [-0.4, -0.2) is 30.8 Å². The van der Waals surface area contributed by atoms with Crippen LogP contribution in [0, 0.1) is 0 Å².